The molecule has 4 aromatic heterocycles. The first kappa shape index (κ1) is 84.1. The van der Waals surface area contributed by atoms with Crippen molar-refractivity contribution in [2.45, 2.75) is 134 Å². The SMILES string of the molecule is COC(=O)c1ccc(C)c(N)c1C.COC(=O)c1ccc(C)c(NC(=O)c2nc(Cl)ccc2C)c1C.COC(=O)c1ccc(C)c(NC(=O)c2nc(N3CCC(C)(O)CC3)ccc2C)c1C.Cc1ccc(Cl)nc1C(=O)O.Cc1ccc(N2CCC(C)(O)CC2)nc1C(=O)Nc1c(C)ccc(C(=O)O)c1C. The maximum absolute atomic E-state index is 13.1. The van der Waals surface area contributed by atoms with Gasteiger partial charge in [0.2, 0.25) is 0 Å². The Kier molecular flexibility index (Phi) is 29.1. The molecule has 4 aromatic carbocycles. The lowest BCUT2D eigenvalue weighted by Gasteiger charge is -2.36. The minimum absolute atomic E-state index is 0.0116. The summed E-state index contributed by atoms with van der Waals surface area (Å²) < 4.78 is 14.2. The van der Waals surface area contributed by atoms with Gasteiger partial charge in [-0.2, -0.15) is 0 Å². The number of aliphatic hydroxyl groups is 2. The Hall–Kier alpha value is -10.9. The minimum atomic E-state index is -1.05. The Labute approximate surface area is 626 Å². The van der Waals surface area contributed by atoms with Crippen molar-refractivity contribution in [1.29, 1.82) is 0 Å². The van der Waals surface area contributed by atoms with Crippen LogP contribution in [0.4, 0.5) is 34.4 Å². The van der Waals surface area contributed by atoms with Crippen LogP contribution >= 0.6 is 23.2 Å². The van der Waals surface area contributed by atoms with Crippen molar-refractivity contribution >= 4 is 105 Å². The zero-order valence-corrected chi connectivity index (χ0v) is 64.2. The number of halogens is 2. The topological polar surface area (TPSA) is 365 Å². The number of nitrogens with zero attached hydrogens (tertiary/aromatic N) is 6. The Bertz CT molecular complexity index is 4660. The zero-order chi connectivity index (χ0) is 79.0. The summed E-state index contributed by atoms with van der Waals surface area (Å²) in [5.41, 5.74) is 18.0. The van der Waals surface area contributed by atoms with Gasteiger partial charge in [0.25, 0.3) is 17.7 Å². The van der Waals surface area contributed by atoms with Crippen molar-refractivity contribution in [1.82, 2.24) is 19.9 Å². The van der Waals surface area contributed by atoms with Gasteiger partial charge in [-0.3, -0.25) is 14.4 Å². The number of carbonyl (C=O) groups is 8. The number of pyridine rings is 4. The summed E-state index contributed by atoms with van der Waals surface area (Å²) in [6.45, 7) is 28.0. The third kappa shape index (κ3) is 21.6. The van der Waals surface area contributed by atoms with E-state index in [0.717, 1.165) is 44.8 Å². The molecule has 10 rings (SSSR count). The van der Waals surface area contributed by atoms with Crippen LogP contribution in [0.2, 0.25) is 10.3 Å². The van der Waals surface area contributed by atoms with Crippen LogP contribution in [0.25, 0.3) is 0 Å². The number of ether oxygens (including phenoxy) is 3. The van der Waals surface area contributed by atoms with Gasteiger partial charge < -0.3 is 66.1 Å². The summed E-state index contributed by atoms with van der Waals surface area (Å²) in [6.07, 6.45) is 2.60. The highest BCUT2D eigenvalue weighted by Gasteiger charge is 2.31. The van der Waals surface area contributed by atoms with E-state index in [2.05, 4.69) is 50.4 Å². The van der Waals surface area contributed by atoms with Gasteiger partial charge >= 0.3 is 29.8 Å². The number of carbonyl (C=O) groups excluding carboxylic acids is 6. The van der Waals surface area contributed by atoms with E-state index in [1.54, 1.807) is 95.3 Å². The van der Waals surface area contributed by atoms with Crippen LogP contribution in [0, 0.1) is 83.1 Å². The Balaban J connectivity index is 0.000000217. The fourth-order valence-corrected chi connectivity index (χ4v) is 11.8. The third-order valence-corrected chi connectivity index (χ3v) is 18.8. The second kappa shape index (κ2) is 36.7. The first-order valence-electron chi connectivity index (χ1n) is 33.7. The molecule has 0 spiro atoms. The summed E-state index contributed by atoms with van der Waals surface area (Å²) in [5.74, 6) is -2.98. The number of aromatic nitrogens is 4. The van der Waals surface area contributed by atoms with Crippen LogP contribution < -0.4 is 31.5 Å². The maximum atomic E-state index is 13.1. The van der Waals surface area contributed by atoms with E-state index in [-0.39, 0.29) is 50.9 Å². The molecular formula is C79H92Cl2N10O15. The average molecular weight is 1490 g/mol. The van der Waals surface area contributed by atoms with Crippen molar-refractivity contribution < 1.29 is 73.0 Å². The van der Waals surface area contributed by atoms with Gasteiger partial charge in [0.05, 0.1) is 54.8 Å². The van der Waals surface area contributed by atoms with E-state index < -0.39 is 35.1 Å². The number of amides is 3. The number of benzene rings is 4. The van der Waals surface area contributed by atoms with Crippen LogP contribution in [-0.4, -0.2) is 147 Å². The number of nitrogen functional groups attached to an aromatic ring is 1. The number of carboxylic acids is 2. The second-order valence-electron chi connectivity index (χ2n) is 26.4. The van der Waals surface area contributed by atoms with Crippen molar-refractivity contribution in [3.05, 3.63) is 219 Å². The lowest BCUT2D eigenvalue weighted by atomic mass is 9.94. The lowest BCUT2D eigenvalue weighted by Crippen LogP contribution is -2.42. The number of rotatable bonds is 13. The molecule has 2 fully saturated rings. The number of aromatic carboxylic acids is 2. The summed E-state index contributed by atoms with van der Waals surface area (Å²) in [6, 6.07) is 27.7. The normalized spacial score (nSPS) is 13.2. The number of hydrogen-bond acceptors (Lipinski definition) is 20. The number of esters is 3. The molecule has 3 amide bonds. The quantitative estimate of drug-likeness (QED) is 0.0230. The van der Waals surface area contributed by atoms with E-state index in [9.17, 15) is 53.7 Å². The molecule has 8 aromatic rings. The molecule has 25 nitrogen and oxygen atoms in total. The van der Waals surface area contributed by atoms with Gasteiger partial charge in [-0.15, -0.1) is 0 Å². The monoisotopic (exact) mass is 1490 g/mol. The Morgan fingerprint density at radius 2 is 0.660 bits per heavy atom. The third-order valence-electron chi connectivity index (χ3n) is 18.4. The van der Waals surface area contributed by atoms with Crippen molar-refractivity contribution in [3.63, 3.8) is 0 Å². The molecule has 2 aliphatic rings. The van der Waals surface area contributed by atoms with Crippen LogP contribution in [0.3, 0.4) is 0 Å². The standard InChI is InChI=1S/C23H29N3O4.C22H27N3O4.C17H17ClN2O3.C10H13NO2.C7H6ClNO2/c1-14-6-8-17(22(28)30-5)16(3)19(14)25-21(27)20-15(2)7-9-18(24-20)26-12-10-23(4,29)11-13-26;1-13-5-7-16(21(27)28)15(3)18(13)24-20(26)19-14(2)6-8-17(23-19)25-11-9-22(4,29)10-12-25;1-9-5-7-12(17(22)23-4)11(3)14(9)20-16(21)15-10(2)6-8-13(18)19-15;1-6-4-5-8(10(12)13-3)7(2)9(6)11;1-4-2-3-5(8)9-6(4)7(10)11/h6-9,29H,10-13H2,1-5H3,(H,25,27);5-8,29H,9-12H2,1-4H3,(H,24,26)(H,27,28);5-8H,1-4H3,(H,20,21);4-5H,11H2,1-3H3;2-3H,1H3,(H,10,11). The number of anilines is 6. The van der Waals surface area contributed by atoms with Crippen molar-refractivity contribution in [2.75, 3.05) is 79.0 Å². The molecule has 0 atom stereocenters. The molecule has 27 heteroatoms. The molecule has 2 aliphatic heterocycles. The minimum Gasteiger partial charge on any atom is -0.478 e. The second-order valence-corrected chi connectivity index (χ2v) is 27.2. The Morgan fingerprint density at radius 3 is 0.981 bits per heavy atom. The molecule has 6 heterocycles. The van der Waals surface area contributed by atoms with E-state index in [4.69, 9.17) is 43.5 Å². The lowest BCUT2D eigenvalue weighted by molar-refractivity contribution is 0.0345. The summed E-state index contributed by atoms with van der Waals surface area (Å²) in [4.78, 5) is 116. The summed E-state index contributed by atoms with van der Waals surface area (Å²) >= 11 is 11.3. The fourth-order valence-electron chi connectivity index (χ4n) is 11.5. The Morgan fingerprint density at radius 1 is 0.387 bits per heavy atom. The number of hydrogen-bond donors (Lipinski definition) is 8. The van der Waals surface area contributed by atoms with Gasteiger partial charge in [-0.05, 0) is 238 Å². The molecule has 0 unspecified atom stereocenters. The van der Waals surface area contributed by atoms with Gasteiger partial charge in [0.1, 0.15) is 39.0 Å². The molecule has 562 valence electrons. The van der Waals surface area contributed by atoms with Gasteiger partial charge in [-0.1, -0.05) is 71.7 Å². The van der Waals surface area contributed by atoms with E-state index >= 15 is 0 Å². The van der Waals surface area contributed by atoms with E-state index in [0.29, 0.717) is 136 Å². The fraction of sp³-hybridized carbons (Fsp3) is 0.342. The zero-order valence-electron chi connectivity index (χ0n) is 62.7. The van der Waals surface area contributed by atoms with Crippen LogP contribution in [0.1, 0.15) is 190 Å². The molecule has 0 bridgehead atoms. The predicted molar refractivity (Wildman–Crippen MR) is 410 cm³/mol. The van der Waals surface area contributed by atoms with Gasteiger partial charge in [0, 0.05) is 48.9 Å². The molecular weight excluding hydrogens is 1400 g/mol. The first-order valence-corrected chi connectivity index (χ1v) is 34.5. The van der Waals surface area contributed by atoms with Gasteiger partial charge in [0.15, 0.2) is 5.69 Å². The number of carboxylic acid groups (broad SMARTS) is 2. The number of methoxy groups -OCH3 is 3. The smallest absolute Gasteiger partial charge is 0.354 e. The average Bonchev–Trinajstić information content (AvgIpc) is 0.815. The predicted octanol–water partition coefficient (Wildman–Crippen LogP) is 13.8. The van der Waals surface area contributed by atoms with Crippen molar-refractivity contribution in [2.24, 2.45) is 0 Å². The molecule has 9 N–H and O–H groups in total. The highest BCUT2D eigenvalue weighted by molar-refractivity contribution is 6.30. The van der Waals surface area contributed by atoms with E-state index in [1.807, 2.05) is 92.6 Å². The highest BCUT2D eigenvalue weighted by Crippen LogP contribution is 2.32. The maximum Gasteiger partial charge on any atom is 0.354 e. The van der Waals surface area contributed by atoms with Crippen molar-refractivity contribution in [3.8, 4) is 0 Å². The summed E-state index contributed by atoms with van der Waals surface area (Å²) in [5, 5.41) is 47.3. The van der Waals surface area contributed by atoms with Crippen LogP contribution in [-0.2, 0) is 14.2 Å². The molecule has 0 saturated carbocycles. The number of nitrogens with one attached hydrogen (secondary N) is 3. The van der Waals surface area contributed by atoms with Crippen LogP contribution in [0.15, 0.2) is 97.1 Å². The molecule has 0 radical (unpaired) electrons. The summed E-state index contributed by atoms with van der Waals surface area (Å²) in [7, 11) is 4.01. The first-order chi connectivity index (χ1) is 49.7. The number of aryl methyl sites for hydroxylation is 8. The van der Waals surface area contributed by atoms with Crippen LogP contribution in [0.5, 0.6) is 0 Å². The largest absolute Gasteiger partial charge is 0.478 e. The number of nitrogens with two attached hydrogens (primary N) is 1. The highest BCUT2D eigenvalue weighted by atomic mass is 35.5. The molecule has 106 heavy (non-hydrogen) atoms. The molecule has 0 aliphatic carbocycles. The molecule has 2 saturated heterocycles. The van der Waals surface area contributed by atoms with E-state index in [1.165, 1.54) is 27.4 Å². The number of piperidine rings is 2. The van der Waals surface area contributed by atoms with Gasteiger partial charge in [-0.25, -0.2) is 43.9 Å².